The third-order valence-electron chi connectivity index (χ3n) is 6.69. The van der Waals surface area contributed by atoms with Crippen LogP contribution in [0.15, 0.2) is 134 Å². The van der Waals surface area contributed by atoms with Crippen molar-refractivity contribution in [3.63, 3.8) is 0 Å². The molecule has 0 amide bonds. The van der Waals surface area contributed by atoms with Crippen LogP contribution in [0.25, 0.3) is 0 Å². The molecule has 0 radical (unpaired) electrons. The van der Waals surface area contributed by atoms with Crippen LogP contribution in [-0.4, -0.2) is 16.1 Å². The van der Waals surface area contributed by atoms with Crippen LogP contribution in [0.5, 0.6) is 0 Å². The largest absolute Gasteiger partial charge is 1.00 e. The topological polar surface area (TPSA) is 0 Å². The normalized spacial score (nSPS) is 11.3. The van der Waals surface area contributed by atoms with Crippen molar-refractivity contribution in [2.75, 3.05) is 0 Å². The summed E-state index contributed by atoms with van der Waals surface area (Å²) in [4.78, 5) is 0. The van der Waals surface area contributed by atoms with Gasteiger partial charge in [-0.15, -0.1) is 0 Å². The summed E-state index contributed by atoms with van der Waals surface area (Å²) in [7, 11) is -4.54. The van der Waals surface area contributed by atoms with Crippen LogP contribution in [0, 0.1) is 5.16 Å². The average molecular weight is 497 g/mol. The molecule has 0 bridgehead atoms. The quantitative estimate of drug-likeness (QED) is 0.259. The van der Waals surface area contributed by atoms with Gasteiger partial charge in [0.25, 0.3) is 0 Å². The van der Waals surface area contributed by atoms with E-state index in [2.05, 4.69) is 147 Å². The Bertz CT molecular complexity index is 945. The maximum absolute atomic E-state index is 4.43. The van der Waals surface area contributed by atoms with Gasteiger partial charge < -0.3 is 0 Å². The Morgan fingerprint density at radius 1 is 0.500 bits per heavy atom. The Kier molecular flexibility index (Phi) is 7.81. The van der Waals surface area contributed by atoms with Crippen molar-refractivity contribution in [2.45, 2.75) is 13.1 Å². The fraction of sp³-hybridized carbons (Fsp3) is 0.0690. The number of benzene rings is 4. The standard InChI is InChI=1S/C29H29Si2.Cu/c1-4-29(30(2,25-17-9-5-10-18-25)26-19-11-6-12-20-26)31(3,27-21-13-7-14-22-27)28-23-15-8-16-24-28;/h4-24H,1H2,2-3H3;/q-1;+1. The first-order valence-electron chi connectivity index (χ1n) is 10.8. The summed E-state index contributed by atoms with van der Waals surface area (Å²) in [5.41, 5.74) is 0. The van der Waals surface area contributed by atoms with Gasteiger partial charge in [0, 0.05) is 0 Å². The summed E-state index contributed by atoms with van der Waals surface area (Å²) in [6, 6.07) is 44.4. The Balaban J connectivity index is 0.00000289. The Hall–Kier alpha value is -2.56. The van der Waals surface area contributed by atoms with Gasteiger partial charge in [0.15, 0.2) is 0 Å². The zero-order chi connectivity index (χ0) is 21.7. The fourth-order valence-corrected chi connectivity index (χ4v) is 16.8. The number of hydrogen-bond donors (Lipinski definition) is 0. The molecule has 4 aromatic carbocycles. The molecule has 0 nitrogen and oxygen atoms in total. The number of rotatable bonds is 7. The minimum Gasteiger partial charge on any atom is -0.245 e. The summed E-state index contributed by atoms with van der Waals surface area (Å²) in [5.74, 6) is 0. The molecule has 4 aromatic rings. The van der Waals surface area contributed by atoms with Crippen molar-refractivity contribution in [2.24, 2.45) is 0 Å². The van der Waals surface area contributed by atoms with E-state index in [4.69, 9.17) is 0 Å². The molecule has 0 aliphatic carbocycles. The average Bonchev–Trinajstić information content (AvgIpc) is 2.86. The van der Waals surface area contributed by atoms with Gasteiger partial charge in [-0.1, -0.05) is 155 Å². The smallest absolute Gasteiger partial charge is 0.245 e. The summed E-state index contributed by atoms with van der Waals surface area (Å²) in [6.45, 7) is 9.44. The number of allylic oxidation sites excluding steroid dienone is 1. The van der Waals surface area contributed by atoms with Gasteiger partial charge in [0.1, 0.15) is 0 Å². The molecule has 0 unspecified atom stereocenters. The summed E-state index contributed by atoms with van der Waals surface area (Å²) in [6.07, 6.45) is 2.21. The van der Waals surface area contributed by atoms with E-state index >= 15 is 0 Å². The molecule has 0 aliphatic heterocycles. The van der Waals surface area contributed by atoms with E-state index in [1.807, 2.05) is 0 Å². The molecule has 3 heteroatoms. The van der Waals surface area contributed by atoms with Crippen molar-refractivity contribution in [1.82, 2.24) is 0 Å². The van der Waals surface area contributed by atoms with Gasteiger partial charge in [-0.25, -0.2) is 17.8 Å². The van der Waals surface area contributed by atoms with Crippen LogP contribution in [0.3, 0.4) is 0 Å². The molecule has 0 fully saturated rings. The monoisotopic (exact) mass is 496 g/mol. The van der Waals surface area contributed by atoms with Crippen molar-refractivity contribution in [1.29, 1.82) is 0 Å². The Morgan fingerprint density at radius 2 is 0.719 bits per heavy atom. The summed E-state index contributed by atoms with van der Waals surface area (Å²) in [5, 5.41) is 7.27. The van der Waals surface area contributed by atoms with Gasteiger partial charge >= 0.3 is 17.1 Å². The van der Waals surface area contributed by atoms with Gasteiger partial charge in [-0.05, 0) is 0 Å². The van der Waals surface area contributed by atoms with E-state index in [1.54, 1.807) is 0 Å². The van der Waals surface area contributed by atoms with Gasteiger partial charge in [0.2, 0.25) is 0 Å². The minimum absolute atomic E-state index is 0. The van der Waals surface area contributed by atoms with Crippen LogP contribution < -0.4 is 20.7 Å². The van der Waals surface area contributed by atoms with E-state index in [-0.39, 0.29) is 17.1 Å². The Morgan fingerprint density at radius 3 is 0.906 bits per heavy atom. The molecule has 0 N–H and O–H groups in total. The van der Waals surface area contributed by atoms with E-state index in [1.165, 1.54) is 25.9 Å². The summed E-state index contributed by atoms with van der Waals surface area (Å²) >= 11 is 0. The SMILES string of the molecule is C=C[C-]([Si](C)(c1ccccc1)c1ccccc1)[Si](C)(c1ccccc1)c1ccccc1.[Cu+]. The zero-order valence-corrected chi connectivity index (χ0v) is 21.6. The second kappa shape index (κ2) is 10.4. The summed E-state index contributed by atoms with van der Waals surface area (Å²) < 4.78 is 0. The van der Waals surface area contributed by atoms with E-state index in [0.29, 0.717) is 0 Å². The van der Waals surface area contributed by atoms with E-state index in [0.717, 1.165) is 0 Å². The third-order valence-corrected chi connectivity index (χ3v) is 18.2. The van der Waals surface area contributed by atoms with E-state index < -0.39 is 16.1 Å². The van der Waals surface area contributed by atoms with Crippen molar-refractivity contribution in [3.8, 4) is 0 Å². The molecular formula is C29H29CuSi2. The molecular weight excluding hydrogens is 468 g/mol. The predicted octanol–water partition coefficient (Wildman–Crippen LogP) is 4.61. The molecule has 0 spiro atoms. The fourth-order valence-electron chi connectivity index (χ4n) is 4.95. The van der Waals surface area contributed by atoms with Crippen molar-refractivity contribution in [3.05, 3.63) is 139 Å². The maximum atomic E-state index is 4.43. The van der Waals surface area contributed by atoms with Crippen LogP contribution in [0.2, 0.25) is 13.1 Å². The molecule has 164 valence electrons. The van der Waals surface area contributed by atoms with Crippen molar-refractivity contribution < 1.29 is 17.1 Å². The molecule has 4 rings (SSSR count). The van der Waals surface area contributed by atoms with E-state index in [9.17, 15) is 0 Å². The molecule has 0 saturated heterocycles. The second-order valence-corrected chi connectivity index (χ2v) is 16.7. The first-order chi connectivity index (χ1) is 15.1. The Labute approximate surface area is 205 Å². The van der Waals surface area contributed by atoms with Crippen LogP contribution in [0.4, 0.5) is 0 Å². The maximum Gasteiger partial charge on any atom is 1.00 e. The molecule has 0 aromatic heterocycles. The van der Waals surface area contributed by atoms with Crippen LogP contribution in [-0.2, 0) is 17.1 Å². The number of hydrogen-bond acceptors (Lipinski definition) is 0. The molecule has 0 heterocycles. The van der Waals surface area contributed by atoms with Crippen LogP contribution in [0.1, 0.15) is 0 Å². The second-order valence-electron chi connectivity index (χ2n) is 8.33. The first-order valence-corrected chi connectivity index (χ1v) is 15.8. The molecule has 0 atom stereocenters. The predicted molar refractivity (Wildman–Crippen MR) is 141 cm³/mol. The third kappa shape index (κ3) is 4.22. The van der Waals surface area contributed by atoms with Gasteiger partial charge in [0.05, 0.1) is 16.1 Å². The molecule has 32 heavy (non-hydrogen) atoms. The van der Waals surface area contributed by atoms with Crippen LogP contribution >= 0.6 is 0 Å². The molecule has 0 saturated carbocycles. The van der Waals surface area contributed by atoms with Gasteiger partial charge in [-0.2, -0.15) is 0 Å². The molecule has 0 aliphatic rings. The first kappa shape index (κ1) is 24.1. The van der Waals surface area contributed by atoms with Crippen molar-refractivity contribution >= 4 is 36.9 Å². The van der Waals surface area contributed by atoms with Gasteiger partial charge in [-0.3, -0.25) is 0 Å². The minimum atomic E-state index is -2.27. The zero-order valence-electron chi connectivity index (χ0n) is 18.6.